The first kappa shape index (κ1) is 15.2. The number of carboxylic acid groups (broad SMARTS) is 1. The molecule has 0 saturated heterocycles. The fourth-order valence-corrected chi connectivity index (χ4v) is 1.52. The lowest BCUT2D eigenvalue weighted by Gasteiger charge is -2.18. The van der Waals surface area contributed by atoms with E-state index in [0.717, 1.165) is 0 Å². The van der Waals surface area contributed by atoms with E-state index in [1.165, 1.54) is 12.5 Å². The van der Waals surface area contributed by atoms with Gasteiger partial charge in [0, 0.05) is 30.8 Å². The van der Waals surface area contributed by atoms with Crippen molar-refractivity contribution in [2.24, 2.45) is 11.7 Å². The van der Waals surface area contributed by atoms with Crippen molar-refractivity contribution in [3.8, 4) is 0 Å². The van der Waals surface area contributed by atoms with E-state index in [0.29, 0.717) is 5.69 Å². The normalized spacial score (nSPS) is 14.1. The second-order valence-corrected chi connectivity index (χ2v) is 4.85. The van der Waals surface area contributed by atoms with Crippen molar-refractivity contribution < 1.29 is 14.7 Å². The topological polar surface area (TPSA) is 121 Å². The van der Waals surface area contributed by atoms with Gasteiger partial charge in [0.05, 0.1) is 6.33 Å². The first-order valence-corrected chi connectivity index (χ1v) is 6.15. The summed E-state index contributed by atoms with van der Waals surface area (Å²) in [5.74, 6) is -1.27. The standard InChI is InChI=1S/C12H20N4O3/c1-7(2)9(13)4-11(17)16-10(12(18)19)3-8-5-14-6-15-8/h5-7,9-10H,3-4,13H2,1-2H3,(H,14,15)(H,16,17)(H,18,19)/t9-,10+/m1/s1. The van der Waals surface area contributed by atoms with E-state index in [1.54, 1.807) is 0 Å². The maximum Gasteiger partial charge on any atom is 0.326 e. The minimum atomic E-state index is -1.08. The second kappa shape index (κ2) is 6.89. The Morgan fingerprint density at radius 2 is 2.21 bits per heavy atom. The number of carboxylic acids is 1. The number of nitrogens with one attached hydrogen (secondary N) is 2. The number of hydrogen-bond donors (Lipinski definition) is 4. The molecular weight excluding hydrogens is 248 g/mol. The molecule has 0 aliphatic rings. The van der Waals surface area contributed by atoms with Crippen LogP contribution in [0.15, 0.2) is 12.5 Å². The number of rotatable bonds is 7. The van der Waals surface area contributed by atoms with E-state index in [9.17, 15) is 9.59 Å². The molecule has 106 valence electrons. The van der Waals surface area contributed by atoms with Gasteiger partial charge in [-0.2, -0.15) is 0 Å². The van der Waals surface area contributed by atoms with Crippen molar-refractivity contribution in [1.82, 2.24) is 15.3 Å². The van der Waals surface area contributed by atoms with Crippen molar-refractivity contribution >= 4 is 11.9 Å². The number of carbonyl (C=O) groups excluding carboxylic acids is 1. The summed E-state index contributed by atoms with van der Waals surface area (Å²) in [5.41, 5.74) is 6.43. The zero-order valence-electron chi connectivity index (χ0n) is 11.1. The van der Waals surface area contributed by atoms with Crippen LogP contribution in [0.1, 0.15) is 26.0 Å². The summed E-state index contributed by atoms with van der Waals surface area (Å²) >= 11 is 0. The van der Waals surface area contributed by atoms with Crippen LogP contribution in [0.3, 0.4) is 0 Å². The third kappa shape index (κ3) is 5.09. The fraction of sp³-hybridized carbons (Fsp3) is 0.583. The Bertz CT molecular complexity index is 417. The van der Waals surface area contributed by atoms with Crippen LogP contribution in [0.2, 0.25) is 0 Å². The Labute approximate surface area is 111 Å². The summed E-state index contributed by atoms with van der Waals surface area (Å²) in [4.78, 5) is 29.4. The highest BCUT2D eigenvalue weighted by atomic mass is 16.4. The number of aromatic nitrogens is 2. The molecule has 0 spiro atoms. The molecule has 7 nitrogen and oxygen atoms in total. The molecule has 1 rings (SSSR count). The maximum absolute atomic E-state index is 11.7. The third-order valence-corrected chi connectivity index (χ3v) is 2.89. The van der Waals surface area contributed by atoms with Crippen molar-refractivity contribution in [2.45, 2.75) is 38.8 Å². The zero-order valence-corrected chi connectivity index (χ0v) is 11.1. The number of imidazole rings is 1. The van der Waals surface area contributed by atoms with Crippen LogP contribution < -0.4 is 11.1 Å². The molecule has 0 saturated carbocycles. The molecule has 1 aromatic rings. The molecule has 1 amide bonds. The minimum absolute atomic E-state index is 0.115. The van der Waals surface area contributed by atoms with Crippen molar-refractivity contribution in [3.63, 3.8) is 0 Å². The lowest BCUT2D eigenvalue weighted by Crippen LogP contribution is -2.44. The Hall–Kier alpha value is -1.89. The summed E-state index contributed by atoms with van der Waals surface area (Å²) in [6.45, 7) is 3.83. The monoisotopic (exact) mass is 268 g/mol. The molecule has 2 atom stereocenters. The van der Waals surface area contributed by atoms with E-state index >= 15 is 0 Å². The SMILES string of the molecule is CC(C)[C@H](N)CC(=O)N[C@@H](Cc1cnc[nH]1)C(=O)O. The largest absolute Gasteiger partial charge is 0.480 e. The molecule has 0 aromatic carbocycles. The molecule has 0 bridgehead atoms. The number of nitrogens with two attached hydrogens (primary N) is 1. The van der Waals surface area contributed by atoms with E-state index < -0.39 is 12.0 Å². The van der Waals surface area contributed by atoms with Crippen LogP contribution in [0.25, 0.3) is 0 Å². The number of hydrogen-bond acceptors (Lipinski definition) is 4. The second-order valence-electron chi connectivity index (χ2n) is 4.85. The Balaban J connectivity index is 2.54. The molecule has 0 aliphatic heterocycles. The average molecular weight is 268 g/mol. The number of H-pyrrole nitrogens is 1. The molecule has 19 heavy (non-hydrogen) atoms. The number of carbonyl (C=O) groups is 2. The van der Waals surface area contributed by atoms with E-state index in [4.69, 9.17) is 10.8 Å². The highest BCUT2D eigenvalue weighted by Gasteiger charge is 2.22. The van der Waals surface area contributed by atoms with Crippen LogP contribution in [0, 0.1) is 5.92 Å². The van der Waals surface area contributed by atoms with Crippen molar-refractivity contribution in [3.05, 3.63) is 18.2 Å². The molecular formula is C12H20N4O3. The van der Waals surface area contributed by atoms with Gasteiger partial charge in [-0.25, -0.2) is 9.78 Å². The number of aliphatic carboxylic acids is 1. The first-order valence-electron chi connectivity index (χ1n) is 6.15. The predicted octanol–water partition coefficient (Wildman–Crippen LogP) is -0.105. The van der Waals surface area contributed by atoms with Gasteiger partial charge in [0.15, 0.2) is 0 Å². The van der Waals surface area contributed by atoms with E-state index in [1.807, 2.05) is 13.8 Å². The van der Waals surface area contributed by atoms with Crippen LogP contribution in [-0.4, -0.2) is 39.0 Å². The zero-order chi connectivity index (χ0) is 14.4. The quantitative estimate of drug-likeness (QED) is 0.550. The van der Waals surface area contributed by atoms with Gasteiger partial charge in [0.2, 0.25) is 5.91 Å². The van der Waals surface area contributed by atoms with Gasteiger partial charge in [-0.3, -0.25) is 4.79 Å². The average Bonchev–Trinajstić information content (AvgIpc) is 2.80. The molecule has 5 N–H and O–H groups in total. The van der Waals surface area contributed by atoms with Gasteiger partial charge in [0.25, 0.3) is 0 Å². The molecule has 0 fully saturated rings. The Morgan fingerprint density at radius 1 is 1.53 bits per heavy atom. The molecule has 1 heterocycles. The van der Waals surface area contributed by atoms with Gasteiger partial charge in [-0.05, 0) is 5.92 Å². The van der Waals surface area contributed by atoms with Crippen LogP contribution in [0.4, 0.5) is 0 Å². The van der Waals surface area contributed by atoms with Crippen molar-refractivity contribution in [1.29, 1.82) is 0 Å². The number of nitrogens with zero attached hydrogens (tertiary/aromatic N) is 1. The number of amides is 1. The lowest BCUT2D eigenvalue weighted by atomic mass is 10.0. The van der Waals surface area contributed by atoms with Crippen molar-refractivity contribution in [2.75, 3.05) is 0 Å². The summed E-state index contributed by atoms with van der Waals surface area (Å²) in [7, 11) is 0. The van der Waals surface area contributed by atoms with Crippen LogP contribution in [0.5, 0.6) is 0 Å². The molecule has 1 aromatic heterocycles. The van der Waals surface area contributed by atoms with Crippen LogP contribution >= 0.6 is 0 Å². The molecule has 0 aliphatic carbocycles. The first-order chi connectivity index (χ1) is 8.90. The van der Waals surface area contributed by atoms with E-state index in [2.05, 4.69) is 15.3 Å². The molecule has 0 unspecified atom stereocenters. The van der Waals surface area contributed by atoms with Crippen LogP contribution in [-0.2, 0) is 16.0 Å². The summed E-state index contributed by atoms with van der Waals surface area (Å²) in [6.07, 6.45) is 3.27. The smallest absolute Gasteiger partial charge is 0.326 e. The summed E-state index contributed by atoms with van der Waals surface area (Å²) in [5, 5.41) is 11.6. The van der Waals surface area contributed by atoms with E-state index in [-0.39, 0.29) is 30.7 Å². The Morgan fingerprint density at radius 3 is 2.68 bits per heavy atom. The molecule has 7 heteroatoms. The highest BCUT2D eigenvalue weighted by molar-refractivity contribution is 5.84. The van der Waals surface area contributed by atoms with Gasteiger partial charge in [-0.15, -0.1) is 0 Å². The third-order valence-electron chi connectivity index (χ3n) is 2.89. The molecule has 0 radical (unpaired) electrons. The number of aromatic amines is 1. The maximum atomic E-state index is 11.7. The predicted molar refractivity (Wildman–Crippen MR) is 69.3 cm³/mol. The summed E-state index contributed by atoms with van der Waals surface area (Å²) < 4.78 is 0. The highest BCUT2D eigenvalue weighted by Crippen LogP contribution is 2.04. The lowest BCUT2D eigenvalue weighted by molar-refractivity contribution is -0.141. The fourth-order valence-electron chi connectivity index (χ4n) is 1.52. The minimum Gasteiger partial charge on any atom is -0.480 e. The van der Waals surface area contributed by atoms with Gasteiger partial charge in [0.1, 0.15) is 6.04 Å². The van der Waals surface area contributed by atoms with Gasteiger partial charge in [-0.1, -0.05) is 13.8 Å². The van der Waals surface area contributed by atoms with Gasteiger partial charge >= 0.3 is 5.97 Å². The Kier molecular flexibility index (Phi) is 5.50. The summed E-state index contributed by atoms with van der Waals surface area (Å²) in [6, 6.07) is -1.26. The van der Waals surface area contributed by atoms with Gasteiger partial charge < -0.3 is 21.1 Å².